The first-order valence-electron chi connectivity index (χ1n) is 4.03. The van der Waals surface area contributed by atoms with Crippen LogP contribution in [0.25, 0.3) is 0 Å². The van der Waals surface area contributed by atoms with Gasteiger partial charge < -0.3 is 15.2 Å². The van der Waals surface area contributed by atoms with Crippen molar-refractivity contribution in [2.45, 2.75) is 6.92 Å². The quantitative estimate of drug-likeness (QED) is 0.597. The van der Waals surface area contributed by atoms with Crippen molar-refractivity contribution in [3.63, 3.8) is 0 Å². The third-order valence-corrected chi connectivity index (χ3v) is 1.36. The van der Waals surface area contributed by atoms with Crippen LogP contribution in [0.5, 0.6) is 0 Å². The van der Waals surface area contributed by atoms with Crippen LogP contribution in [-0.2, 0) is 25.2 Å². The summed E-state index contributed by atoms with van der Waals surface area (Å²) in [5, 5.41) is 33.4. The van der Waals surface area contributed by atoms with Crippen molar-refractivity contribution in [3.05, 3.63) is 29.8 Å². The Morgan fingerprint density at radius 1 is 1.38 bits per heavy atom. The summed E-state index contributed by atoms with van der Waals surface area (Å²) in [5.74, 6) is -0.833. The fraction of sp³-hybridized carbons (Fsp3) is 0.111. The second-order valence-electron chi connectivity index (χ2n) is 2.59. The first kappa shape index (κ1) is 17.2. The molecule has 0 aliphatic carbocycles. The third-order valence-electron chi connectivity index (χ3n) is 1.36. The van der Waals surface area contributed by atoms with E-state index in [4.69, 9.17) is 25.2 Å². The van der Waals surface area contributed by atoms with Crippen LogP contribution >= 0.6 is 0 Å². The number of benzene rings is 1. The standard InChI is InChI=1S/C7H6BNO2.C2H4O2.Pd/c9-5-6-3-1-2-4-7(6)8(10)11;1-2(3)4;/h1-4,10-11H;1H3,(H,3,4);. The molecule has 0 radical (unpaired) electrons. The summed E-state index contributed by atoms with van der Waals surface area (Å²) in [6.45, 7) is 1.08. The number of hydrogen-bond acceptors (Lipinski definition) is 4. The van der Waals surface area contributed by atoms with E-state index in [1.54, 1.807) is 12.1 Å². The van der Waals surface area contributed by atoms with Crippen LogP contribution in [-0.4, -0.2) is 28.2 Å². The molecule has 0 atom stereocenters. The number of carboxylic acids is 1. The van der Waals surface area contributed by atoms with Gasteiger partial charge in [-0.1, -0.05) is 18.2 Å². The zero-order valence-corrected chi connectivity index (χ0v) is 9.95. The van der Waals surface area contributed by atoms with E-state index < -0.39 is 13.1 Å². The Hall–Kier alpha value is -1.17. The Kier molecular flexibility index (Phi) is 9.78. The van der Waals surface area contributed by atoms with Gasteiger partial charge in [0.2, 0.25) is 0 Å². The molecule has 5 nitrogen and oxygen atoms in total. The minimum atomic E-state index is -1.56. The van der Waals surface area contributed by atoms with Crippen molar-refractivity contribution in [2.24, 2.45) is 0 Å². The fourth-order valence-electron chi connectivity index (χ4n) is 0.824. The van der Waals surface area contributed by atoms with E-state index in [1.165, 1.54) is 12.1 Å². The van der Waals surface area contributed by atoms with Gasteiger partial charge in [0.25, 0.3) is 5.97 Å². The first-order valence-corrected chi connectivity index (χ1v) is 4.03. The first-order chi connectivity index (χ1) is 6.99. The number of hydrogen-bond donors (Lipinski definition) is 3. The average molecular weight is 313 g/mol. The average Bonchev–Trinajstić information content (AvgIpc) is 2.16. The summed E-state index contributed by atoms with van der Waals surface area (Å²) < 4.78 is 0. The van der Waals surface area contributed by atoms with E-state index in [2.05, 4.69) is 0 Å². The summed E-state index contributed by atoms with van der Waals surface area (Å²) in [6, 6.07) is 8.22. The van der Waals surface area contributed by atoms with Crippen LogP contribution in [0, 0.1) is 11.3 Å². The Balaban J connectivity index is 0. The maximum atomic E-state index is 9.00. The van der Waals surface area contributed by atoms with Crippen LogP contribution in [0.1, 0.15) is 12.5 Å². The SMILES string of the molecule is CC(=O)O.N#Cc1ccccc1B(O)O.[Pd]. The fourth-order valence-corrected chi connectivity index (χ4v) is 0.824. The number of aliphatic carboxylic acids is 1. The minimum Gasteiger partial charge on any atom is -0.481 e. The monoisotopic (exact) mass is 313 g/mol. The van der Waals surface area contributed by atoms with Crippen LogP contribution in [0.3, 0.4) is 0 Å². The van der Waals surface area contributed by atoms with Gasteiger partial charge >= 0.3 is 7.12 Å². The number of nitrogens with zero attached hydrogens (tertiary/aromatic N) is 1. The molecule has 16 heavy (non-hydrogen) atoms. The molecule has 0 aliphatic rings. The number of carbonyl (C=O) groups is 1. The maximum Gasteiger partial charge on any atom is 0.489 e. The van der Waals surface area contributed by atoms with E-state index in [-0.39, 0.29) is 25.9 Å². The van der Waals surface area contributed by atoms with Crippen LogP contribution in [0.4, 0.5) is 0 Å². The Labute approximate surface area is 107 Å². The molecule has 0 heterocycles. The Bertz CT molecular complexity index is 374. The van der Waals surface area contributed by atoms with Gasteiger partial charge in [-0.2, -0.15) is 5.26 Å². The molecule has 0 unspecified atom stereocenters. The predicted octanol–water partition coefficient (Wildman–Crippen LogP) is -0.674. The molecule has 0 aliphatic heterocycles. The molecule has 1 rings (SSSR count). The van der Waals surface area contributed by atoms with Crippen molar-refractivity contribution in [2.75, 3.05) is 0 Å². The normalized spacial score (nSPS) is 7.62. The van der Waals surface area contributed by atoms with Crippen molar-refractivity contribution >= 4 is 18.6 Å². The molecule has 3 N–H and O–H groups in total. The van der Waals surface area contributed by atoms with Crippen molar-refractivity contribution in [1.82, 2.24) is 0 Å². The van der Waals surface area contributed by atoms with E-state index >= 15 is 0 Å². The molecular weight excluding hydrogens is 303 g/mol. The van der Waals surface area contributed by atoms with Gasteiger partial charge in [0.05, 0.1) is 11.6 Å². The van der Waals surface area contributed by atoms with Crippen molar-refractivity contribution < 1.29 is 40.4 Å². The summed E-state index contributed by atoms with van der Waals surface area (Å²) in [6.07, 6.45) is 0. The smallest absolute Gasteiger partial charge is 0.481 e. The molecule has 0 bridgehead atoms. The molecule has 0 aromatic heterocycles. The van der Waals surface area contributed by atoms with Gasteiger partial charge in [-0.3, -0.25) is 4.79 Å². The minimum absolute atomic E-state index is 0. The molecule has 0 amide bonds. The van der Waals surface area contributed by atoms with Gasteiger partial charge in [-0.25, -0.2) is 0 Å². The van der Waals surface area contributed by atoms with Gasteiger partial charge in [0.1, 0.15) is 0 Å². The zero-order valence-electron chi connectivity index (χ0n) is 8.40. The summed E-state index contributed by atoms with van der Waals surface area (Å²) >= 11 is 0. The molecule has 1 aromatic carbocycles. The number of rotatable bonds is 1. The summed E-state index contributed by atoms with van der Waals surface area (Å²) in [7, 11) is -1.56. The molecule has 1 aromatic rings. The third kappa shape index (κ3) is 7.16. The molecule has 0 spiro atoms. The summed E-state index contributed by atoms with van der Waals surface area (Å²) in [5.41, 5.74) is 0.539. The van der Waals surface area contributed by atoms with E-state index in [9.17, 15) is 0 Å². The Morgan fingerprint density at radius 3 is 2.12 bits per heavy atom. The van der Waals surface area contributed by atoms with Crippen molar-refractivity contribution in [1.29, 1.82) is 5.26 Å². The van der Waals surface area contributed by atoms with E-state index in [1.807, 2.05) is 6.07 Å². The van der Waals surface area contributed by atoms with E-state index in [0.717, 1.165) is 6.92 Å². The number of carboxylic acid groups (broad SMARTS) is 1. The van der Waals surface area contributed by atoms with Crippen LogP contribution in [0.2, 0.25) is 0 Å². The molecule has 7 heteroatoms. The molecule has 0 saturated heterocycles. The van der Waals surface area contributed by atoms with Gasteiger partial charge in [-0.15, -0.1) is 0 Å². The molecule has 88 valence electrons. The van der Waals surface area contributed by atoms with Gasteiger partial charge in [0, 0.05) is 27.3 Å². The van der Waals surface area contributed by atoms with Gasteiger partial charge in [-0.05, 0) is 11.5 Å². The largest absolute Gasteiger partial charge is 0.489 e. The van der Waals surface area contributed by atoms with E-state index in [0.29, 0.717) is 5.56 Å². The van der Waals surface area contributed by atoms with Gasteiger partial charge in [0.15, 0.2) is 0 Å². The summed E-state index contributed by atoms with van der Waals surface area (Å²) in [4.78, 5) is 9.00. The van der Waals surface area contributed by atoms with Crippen LogP contribution < -0.4 is 5.46 Å². The number of nitriles is 1. The molecule has 0 saturated carbocycles. The second kappa shape index (κ2) is 9.08. The molecular formula is C9H10BNO4Pd. The zero-order chi connectivity index (χ0) is 11.8. The Morgan fingerprint density at radius 2 is 1.81 bits per heavy atom. The molecule has 0 fully saturated rings. The van der Waals surface area contributed by atoms with Crippen LogP contribution in [0.15, 0.2) is 24.3 Å². The maximum absolute atomic E-state index is 9.00. The second-order valence-corrected chi connectivity index (χ2v) is 2.59. The van der Waals surface area contributed by atoms with Crippen molar-refractivity contribution in [3.8, 4) is 6.07 Å². The topological polar surface area (TPSA) is 102 Å². The predicted molar refractivity (Wildman–Crippen MR) is 54.3 cm³/mol.